The first-order valence-electron chi connectivity index (χ1n) is 8.82. The van der Waals surface area contributed by atoms with Crippen LogP contribution in [0.2, 0.25) is 0 Å². The number of rotatable bonds is 7. The SMILES string of the molecule is Cc1cccc(CCC(=O)N(C)CC(O)CN2CCN(C)CC2)c1. The summed E-state index contributed by atoms with van der Waals surface area (Å²) in [6, 6.07) is 8.27. The van der Waals surface area contributed by atoms with Gasteiger partial charge >= 0.3 is 0 Å². The molecule has 1 saturated heterocycles. The van der Waals surface area contributed by atoms with Crippen molar-refractivity contribution in [3.63, 3.8) is 0 Å². The molecule has 1 fully saturated rings. The zero-order chi connectivity index (χ0) is 17.5. The van der Waals surface area contributed by atoms with Crippen LogP contribution < -0.4 is 0 Å². The molecular formula is C19H31N3O2. The summed E-state index contributed by atoms with van der Waals surface area (Å²) in [5, 5.41) is 10.3. The van der Waals surface area contributed by atoms with Gasteiger partial charge in [0.1, 0.15) is 0 Å². The molecule has 1 aliphatic rings. The van der Waals surface area contributed by atoms with E-state index in [9.17, 15) is 9.90 Å². The predicted octanol–water partition coefficient (Wildman–Crippen LogP) is 0.994. The Morgan fingerprint density at radius 2 is 2.00 bits per heavy atom. The van der Waals surface area contributed by atoms with Gasteiger partial charge in [0.25, 0.3) is 0 Å². The van der Waals surface area contributed by atoms with Crippen molar-refractivity contribution in [3.05, 3.63) is 35.4 Å². The van der Waals surface area contributed by atoms with E-state index in [0.717, 1.165) is 32.6 Å². The Bertz CT molecular complexity index is 527. The van der Waals surface area contributed by atoms with Gasteiger partial charge in [-0.3, -0.25) is 9.69 Å². The number of aryl methyl sites for hydroxylation is 2. The third kappa shape index (κ3) is 6.23. The zero-order valence-electron chi connectivity index (χ0n) is 15.2. The Balaban J connectivity index is 1.70. The average molecular weight is 333 g/mol. The number of piperazine rings is 1. The predicted molar refractivity (Wildman–Crippen MR) is 97.1 cm³/mol. The molecule has 1 unspecified atom stereocenters. The molecular weight excluding hydrogens is 302 g/mol. The molecule has 0 spiro atoms. The number of hydrogen-bond donors (Lipinski definition) is 1. The second-order valence-corrected chi connectivity index (χ2v) is 7.02. The number of carbonyl (C=O) groups is 1. The van der Waals surface area contributed by atoms with Gasteiger partial charge in [0.2, 0.25) is 5.91 Å². The fraction of sp³-hybridized carbons (Fsp3) is 0.632. The minimum absolute atomic E-state index is 0.0916. The Hall–Kier alpha value is -1.43. The lowest BCUT2D eigenvalue weighted by Gasteiger charge is -2.34. The van der Waals surface area contributed by atoms with Crippen molar-refractivity contribution in [2.45, 2.75) is 25.9 Å². The molecule has 0 aromatic heterocycles. The van der Waals surface area contributed by atoms with E-state index in [1.54, 1.807) is 11.9 Å². The number of β-amino-alcohol motifs (C(OH)–C–C–N with tert-alkyl or cyclic N) is 1. The lowest BCUT2D eigenvalue weighted by atomic mass is 10.1. The highest BCUT2D eigenvalue weighted by Crippen LogP contribution is 2.08. The molecule has 0 saturated carbocycles. The van der Waals surface area contributed by atoms with E-state index in [1.165, 1.54) is 11.1 Å². The number of amides is 1. The van der Waals surface area contributed by atoms with E-state index >= 15 is 0 Å². The van der Waals surface area contributed by atoms with Crippen molar-refractivity contribution >= 4 is 5.91 Å². The summed E-state index contributed by atoms with van der Waals surface area (Å²) in [6.07, 6.45) is 0.752. The number of nitrogens with zero attached hydrogens (tertiary/aromatic N) is 3. The van der Waals surface area contributed by atoms with Crippen molar-refractivity contribution in [2.24, 2.45) is 0 Å². The monoisotopic (exact) mass is 333 g/mol. The van der Waals surface area contributed by atoms with Crippen LogP contribution in [0.3, 0.4) is 0 Å². The van der Waals surface area contributed by atoms with Crippen LogP contribution in [0.15, 0.2) is 24.3 Å². The Morgan fingerprint density at radius 1 is 1.29 bits per heavy atom. The number of aliphatic hydroxyl groups excluding tert-OH is 1. The molecule has 2 rings (SSSR count). The maximum absolute atomic E-state index is 12.3. The highest BCUT2D eigenvalue weighted by Gasteiger charge is 2.19. The highest BCUT2D eigenvalue weighted by atomic mass is 16.3. The maximum Gasteiger partial charge on any atom is 0.222 e. The zero-order valence-corrected chi connectivity index (χ0v) is 15.2. The van der Waals surface area contributed by atoms with E-state index < -0.39 is 6.10 Å². The van der Waals surface area contributed by atoms with Crippen LogP contribution in [0.1, 0.15) is 17.5 Å². The fourth-order valence-electron chi connectivity index (χ4n) is 3.11. The summed E-state index contributed by atoms with van der Waals surface area (Å²) in [6.45, 7) is 7.15. The molecule has 1 aromatic carbocycles. The van der Waals surface area contributed by atoms with Crippen LogP contribution >= 0.6 is 0 Å². The lowest BCUT2D eigenvalue weighted by Crippen LogP contribution is -2.49. The van der Waals surface area contributed by atoms with Crippen molar-refractivity contribution in [3.8, 4) is 0 Å². The van der Waals surface area contributed by atoms with Crippen molar-refractivity contribution < 1.29 is 9.90 Å². The van der Waals surface area contributed by atoms with E-state index in [2.05, 4.69) is 42.0 Å². The first-order chi connectivity index (χ1) is 11.4. The quantitative estimate of drug-likeness (QED) is 0.808. The van der Waals surface area contributed by atoms with Crippen LogP contribution in [0.25, 0.3) is 0 Å². The molecule has 0 aliphatic carbocycles. The smallest absolute Gasteiger partial charge is 0.222 e. The van der Waals surface area contributed by atoms with Crippen LogP contribution in [0.5, 0.6) is 0 Å². The van der Waals surface area contributed by atoms with Crippen LogP contribution in [-0.4, -0.2) is 85.2 Å². The molecule has 1 atom stereocenters. The Labute approximate surface area is 145 Å². The summed E-state index contributed by atoms with van der Waals surface area (Å²) in [7, 11) is 3.90. The fourth-order valence-corrected chi connectivity index (χ4v) is 3.11. The summed E-state index contributed by atoms with van der Waals surface area (Å²) < 4.78 is 0. The number of aliphatic hydroxyl groups is 1. The van der Waals surface area contributed by atoms with Gasteiger partial charge in [-0.2, -0.15) is 0 Å². The summed E-state index contributed by atoms with van der Waals surface area (Å²) in [5.74, 6) is 0.0916. The third-order valence-electron chi connectivity index (χ3n) is 4.69. The maximum atomic E-state index is 12.3. The van der Waals surface area contributed by atoms with Crippen LogP contribution in [0.4, 0.5) is 0 Å². The standard InChI is InChI=1S/C19H31N3O2/c1-16-5-4-6-17(13-16)7-8-19(24)21(3)14-18(23)15-22-11-9-20(2)10-12-22/h4-6,13,18,23H,7-12,14-15H2,1-3H3. The van der Waals surface area contributed by atoms with E-state index in [0.29, 0.717) is 19.5 Å². The highest BCUT2D eigenvalue weighted by molar-refractivity contribution is 5.76. The topological polar surface area (TPSA) is 47.0 Å². The van der Waals surface area contributed by atoms with Gasteiger partial charge in [-0.1, -0.05) is 29.8 Å². The Kier molecular flexibility index (Phi) is 7.21. The van der Waals surface area contributed by atoms with Gasteiger partial charge in [0, 0.05) is 52.7 Å². The van der Waals surface area contributed by atoms with Gasteiger partial charge in [-0.05, 0) is 26.0 Å². The minimum Gasteiger partial charge on any atom is -0.390 e. The van der Waals surface area contributed by atoms with Gasteiger partial charge < -0.3 is 14.9 Å². The molecule has 24 heavy (non-hydrogen) atoms. The summed E-state index contributed by atoms with van der Waals surface area (Å²) in [4.78, 5) is 18.5. The van der Waals surface area contributed by atoms with Gasteiger partial charge in [0.15, 0.2) is 0 Å². The summed E-state index contributed by atoms with van der Waals surface area (Å²) in [5.41, 5.74) is 2.41. The van der Waals surface area contributed by atoms with Gasteiger partial charge in [0.05, 0.1) is 6.10 Å². The first kappa shape index (κ1) is 18.9. The van der Waals surface area contributed by atoms with Gasteiger partial charge in [-0.15, -0.1) is 0 Å². The molecule has 5 heteroatoms. The van der Waals surface area contributed by atoms with E-state index in [-0.39, 0.29) is 5.91 Å². The van der Waals surface area contributed by atoms with Crippen molar-refractivity contribution in [1.29, 1.82) is 0 Å². The molecule has 0 radical (unpaired) electrons. The Morgan fingerprint density at radius 3 is 2.67 bits per heavy atom. The molecule has 1 aliphatic heterocycles. The lowest BCUT2D eigenvalue weighted by molar-refractivity contribution is -0.131. The van der Waals surface area contributed by atoms with Crippen molar-refractivity contribution in [2.75, 3.05) is 53.4 Å². The first-order valence-corrected chi connectivity index (χ1v) is 8.82. The molecule has 1 N–H and O–H groups in total. The van der Waals surface area contributed by atoms with E-state index in [4.69, 9.17) is 0 Å². The molecule has 1 heterocycles. The third-order valence-corrected chi connectivity index (χ3v) is 4.69. The van der Waals surface area contributed by atoms with Gasteiger partial charge in [-0.25, -0.2) is 0 Å². The number of benzene rings is 1. The normalized spacial score (nSPS) is 17.7. The number of hydrogen-bond acceptors (Lipinski definition) is 4. The van der Waals surface area contributed by atoms with E-state index in [1.807, 2.05) is 6.07 Å². The second-order valence-electron chi connectivity index (χ2n) is 7.02. The summed E-state index contributed by atoms with van der Waals surface area (Å²) >= 11 is 0. The van der Waals surface area contributed by atoms with Crippen LogP contribution in [0, 0.1) is 6.92 Å². The van der Waals surface area contributed by atoms with Crippen LogP contribution in [-0.2, 0) is 11.2 Å². The molecule has 1 amide bonds. The molecule has 0 bridgehead atoms. The average Bonchev–Trinajstić information content (AvgIpc) is 2.54. The molecule has 134 valence electrons. The number of carbonyl (C=O) groups excluding carboxylic acids is 1. The largest absolute Gasteiger partial charge is 0.390 e. The second kappa shape index (κ2) is 9.16. The van der Waals surface area contributed by atoms with Crippen molar-refractivity contribution in [1.82, 2.24) is 14.7 Å². The minimum atomic E-state index is -0.485. The number of likely N-dealkylation sites (N-methyl/N-ethyl adjacent to an activating group) is 2. The molecule has 1 aromatic rings. The molecule has 5 nitrogen and oxygen atoms in total.